The third-order valence-corrected chi connectivity index (χ3v) is 5.50. The Morgan fingerprint density at radius 2 is 2.23 bits per heavy atom. The average molecular weight is 387 g/mol. The van der Waals surface area contributed by atoms with Gasteiger partial charge in [0.05, 0.1) is 21.3 Å². The van der Waals surface area contributed by atoms with Crippen LogP contribution in [0.4, 0.5) is 8.78 Å². The van der Waals surface area contributed by atoms with Gasteiger partial charge < -0.3 is 9.14 Å². The molecule has 0 unspecified atom stereocenters. The zero-order chi connectivity index (χ0) is 21.2. The summed E-state index contributed by atoms with van der Waals surface area (Å²) in [6.45, 7) is -0.0148. The van der Waals surface area contributed by atoms with E-state index in [1.165, 1.54) is 0 Å². The maximum atomic E-state index is 13.3. The Hall–Kier alpha value is -1.46. The minimum atomic E-state index is -2.57. The fourth-order valence-electron chi connectivity index (χ4n) is 3.70. The highest BCUT2D eigenvalue weighted by atomic mass is 35.5. The molecule has 0 aromatic carbocycles. The molecule has 142 valence electrons. The van der Waals surface area contributed by atoms with Gasteiger partial charge in [0, 0.05) is 50.2 Å². The van der Waals surface area contributed by atoms with E-state index in [1.54, 1.807) is 28.8 Å². The van der Waals surface area contributed by atoms with Crippen LogP contribution in [0.25, 0.3) is 5.52 Å². The Bertz CT molecular complexity index is 872. The summed E-state index contributed by atoms with van der Waals surface area (Å²) in [6.07, 6.45) is 3.59. The van der Waals surface area contributed by atoms with E-state index in [9.17, 15) is 13.6 Å². The van der Waals surface area contributed by atoms with Gasteiger partial charge in [-0.1, -0.05) is 11.6 Å². The molecule has 0 bridgehead atoms. The van der Waals surface area contributed by atoms with Gasteiger partial charge in [-0.05, 0) is 43.4 Å². The van der Waals surface area contributed by atoms with Crippen LogP contribution in [0.5, 0.6) is 0 Å². The van der Waals surface area contributed by atoms with E-state index < -0.39 is 13.0 Å². The number of ketones is 1. The summed E-state index contributed by atoms with van der Waals surface area (Å²) in [5, 5.41) is 0.427. The van der Waals surface area contributed by atoms with Crippen molar-refractivity contribution in [3.8, 4) is 0 Å². The van der Waals surface area contributed by atoms with Crippen molar-refractivity contribution < 1.29 is 22.4 Å². The van der Waals surface area contributed by atoms with Crippen LogP contribution in [0.15, 0.2) is 24.4 Å². The van der Waals surface area contributed by atoms with Crippen LogP contribution in [0, 0.1) is 5.92 Å². The van der Waals surface area contributed by atoms with Crippen molar-refractivity contribution in [3.05, 3.63) is 40.7 Å². The number of carbonyl (C=O) groups excluding carboxylic acids is 1. The molecule has 2 heterocycles. The predicted octanol–water partition coefficient (Wildman–Crippen LogP) is 5.57. The number of fused-ring (bicyclic) bond motifs is 1. The fraction of sp³-hybridized carbons (Fsp3) is 0.550. The van der Waals surface area contributed by atoms with Gasteiger partial charge in [0.2, 0.25) is 5.92 Å². The summed E-state index contributed by atoms with van der Waals surface area (Å²) in [5.74, 6) is -2.52. The largest absolute Gasteiger partial charge is 0.384 e. The monoisotopic (exact) mass is 386 g/mol. The van der Waals surface area contributed by atoms with Crippen LogP contribution in [-0.4, -0.2) is 29.8 Å². The number of nitrogens with zero attached hydrogens (tertiary/aromatic N) is 1. The summed E-state index contributed by atoms with van der Waals surface area (Å²) < 4.78 is 54.6. The minimum Gasteiger partial charge on any atom is -0.384 e. The number of hydrogen-bond acceptors (Lipinski definition) is 2. The van der Waals surface area contributed by atoms with Crippen LogP contribution < -0.4 is 0 Å². The molecule has 1 saturated carbocycles. The van der Waals surface area contributed by atoms with E-state index in [1.807, 2.05) is 0 Å². The van der Waals surface area contributed by atoms with Crippen molar-refractivity contribution in [1.29, 1.82) is 0 Å². The number of pyridine rings is 1. The number of halogens is 3. The summed E-state index contributed by atoms with van der Waals surface area (Å²) in [7, 11) is -2.47. The fourth-order valence-corrected chi connectivity index (χ4v) is 3.97. The topological polar surface area (TPSA) is 30.7 Å². The molecule has 1 fully saturated rings. The summed E-state index contributed by atoms with van der Waals surface area (Å²) >= 11 is 6.33. The second kappa shape index (κ2) is 8.05. The highest BCUT2D eigenvalue weighted by molar-refractivity contribution is 6.35. The summed E-state index contributed by atoms with van der Waals surface area (Å²) in [6, 6.07) is 5.17. The lowest BCUT2D eigenvalue weighted by atomic mass is 9.83. The molecular formula is C20H24ClF2NO2. The number of aromatic nitrogens is 1. The lowest BCUT2D eigenvalue weighted by Gasteiger charge is -2.27. The molecule has 2 aromatic heterocycles. The molecule has 0 amide bonds. The van der Waals surface area contributed by atoms with Gasteiger partial charge in [-0.2, -0.15) is 0 Å². The highest BCUT2D eigenvalue weighted by Crippen LogP contribution is 2.38. The number of hydrogen-bond donors (Lipinski definition) is 0. The first-order valence-electron chi connectivity index (χ1n) is 10.4. The Balaban J connectivity index is 1.72. The first kappa shape index (κ1) is 15.6. The normalized spacial score (nSPS) is 19.9. The van der Waals surface area contributed by atoms with E-state index in [4.69, 9.17) is 20.5 Å². The Kier molecular flexibility index (Phi) is 4.83. The van der Waals surface area contributed by atoms with Gasteiger partial charge in [-0.15, -0.1) is 0 Å². The number of ether oxygens (including phenoxy) is 1. The van der Waals surface area contributed by atoms with Crippen molar-refractivity contribution in [2.75, 3.05) is 13.6 Å². The average Bonchev–Trinajstić information content (AvgIpc) is 3.00. The lowest BCUT2D eigenvalue weighted by molar-refractivity contribution is -0.0464. The molecule has 26 heavy (non-hydrogen) atoms. The van der Waals surface area contributed by atoms with Crippen LogP contribution in [0.3, 0.4) is 0 Å². The molecule has 0 spiro atoms. The van der Waals surface area contributed by atoms with Crippen LogP contribution in [0.2, 0.25) is 5.02 Å². The van der Waals surface area contributed by atoms with Crippen LogP contribution in [-0.2, 0) is 11.2 Å². The van der Waals surface area contributed by atoms with Crippen molar-refractivity contribution in [2.24, 2.45) is 5.92 Å². The van der Waals surface area contributed by atoms with Gasteiger partial charge >= 0.3 is 0 Å². The van der Waals surface area contributed by atoms with Gasteiger partial charge in [0.1, 0.15) is 0 Å². The lowest BCUT2D eigenvalue weighted by Crippen LogP contribution is -2.24. The maximum Gasteiger partial charge on any atom is 0.248 e. The van der Waals surface area contributed by atoms with Crippen LogP contribution in [0.1, 0.15) is 58.7 Å². The van der Waals surface area contributed by atoms with Gasteiger partial charge in [-0.25, -0.2) is 8.78 Å². The first-order chi connectivity index (χ1) is 13.6. The molecule has 2 aromatic rings. The van der Waals surface area contributed by atoms with Crippen molar-refractivity contribution >= 4 is 22.9 Å². The summed E-state index contributed by atoms with van der Waals surface area (Å²) in [5.41, 5.74) is 1.78. The second-order valence-corrected chi connectivity index (χ2v) is 7.39. The standard InChI is InChI=1S/C20H24ClF2NO2/c1-26-12-8-15-13-16(19-17(21)3-2-11-24(15)19)18(25)5-4-14-6-9-20(22,23)10-7-14/h2-3,11,13-14H,4-10,12H2,1H3/i1D3. The zero-order valence-corrected chi connectivity index (χ0v) is 15.2. The molecule has 1 aliphatic carbocycles. The number of carbonyl (C=O) groups is 1. The molecular weight excluding hydrogens is 360 g/mol. The SMILES string of the molecule is [2H]C([2H])([2H])OCCc1cc(C(=O)CCC2CCC(F)(F)CC2)c2c(Cl)cccn12. The summed E-state index contributed by atoms with van der Waals surface area (Å²) in [4.78, 5) is 12.9. The smallest absolute Gasteiger partial charge is 0.248 e. The third kappa shape index (κ3) is 4.26. The molecule has 3 rings (SSSR count). The number of rotatable bonds is 7. The number of alkyl halides is 2. The van der Waals surface area contributed by atoms with Crippen molar-refractivity contribution in [2.45, 2.75) is 50.9 Å². The third-order valence-electron chi connectivity index (χ3n) is 5.20. The minimum absolute atomic E-state index is 0.0148. The molecule has 3 nitrogen and oxygen atoms in total. The second-order valence-electron chi connectivity index (χ2n) is 6.98. The molecule has 0 N–H and O–H groups in total. The van der Waals surface area contributed by atoms with Gasteiger partial charge in [0.25, 0.3) is 0 Å². The Morgan fingerprint density at radius 3 is 2.96 bits per heavy atom. The van der Waals surface area contributed by atoms with Crippen molar-refractivity contribution in [3.63, 3.8) is 0 Å². The highest BCUT2D eigenvalue weighted by Gasteiger charge is 2.34. The molecule has 6 heteroatoms. The Labute approximate surface area is 161 Å². The molecule has 0 aliphatic heterocycles. The molecule has 0 radical (unpaired) electrons. The Morgan fingerprint density at radius 1 is 1.46 bits per heavy atom. The van der Waals surface area contributed by atoms with Gasteiger partial charge in [-0.3, -0.25) is 4.79 Å². The van der Waals surface area contributed by atoms with E-state index >= 15 is 0 Å². The molecule has 0 atom stereocenters. The van der Waals surface area contributed by atoms with E-state index in [2.05, 4.69) is 0 Å². The van der Waals surface area contributed by atoms with E-state index in [0.717, 1.165) is 5.69 Å². The molecule has 1 aliphatic rings. The predicted molar refractivity (Wildman–Crippen MR) is 98.5 cm³/mol. The van der Waals surface area contributed by atoms with E-state index in [0.29, 0.717) is 41.8 Å². The number of methoxy groups -OCH3 is 1. The van der Waals surface area contributed by atoms with E-state index in [-0.39, 0.29) is 37.6 Å². The maximum absolute atomic E-state index is 13.3. The first-order valence-corrected chi connectivity index (χ1v) is 9.27. The van der Waals surface area contributed by atoms with Crippen LogP contribution >= 0.6 is 11.6 Å². The number of Topliss-reactive ketones (excluding diaryl/α,β-unsaturated/α-hetero) is 1. The quantitative estimate of drug-likeness (QED) is 0.582. The zero-order valence-electron chi connectivity index (χ0n) is 17.4. The molecule has 0 saturated heterocycles. The van der Waals surface area contributed by atoms with Crippen molar-refractivity contribution in [1.82, 2.24) is 4.40 Å². The van der Waals surface area contributed by atoms with Gasteiger partial charge in [0.15, 0.2) is 5.78 Å².